The molecular weight excluding hydrogens is 442 g/mol. The summed E-state index contributed by atoms with van der Waals surface area (Å²) in [5.41, 5.74) is 0.911. The monoisotopic (exact) mass is 475 g/mol. The van der Waals surface area contributed by atoms with Gasteiger partial charge < -0.3 is 24.6 Å². The summed E-state index contributed by atoms with van der Waals surface area (Å²) in [6, 6.07) is 16.8. The SMILES string of the molecule is O=C(NC1CCN(CC2CCOCC2)CC1)c1c(O)c2ccccc2n(Cc2ccccc2)c1=O. The molecule has 0 saturated carbocycles. The van der Waals surface area contributed by atoms with Crippen LogP contribution in [0.1, 0.15) is 41.6 Å². The van der Waals surface area contributed by atoms with Crippen molar-refractivity contribution in [2.45, 2.75) is 38.3 Å². The number of amides is 1. The van der Waals surface area contributed by atoms with E-state index in [4.69, 9.17) is 4.74 Å². The molecule has 0 bridgehead atoms. The van der Waals surface area contributed by atoms with Crippen LogP contribution in [-0.2, 0) is 11.3 Å². The third kappa shape index (κ3) is 5.26. The molecule has 5 rings (SSSR count). The fourth-order valence-corrected chi connectivity index (χ4v) is 5.33. The second-order valence-electron chi connectivity index (χ2n) is 9.72. The molecule has 1 aromatic heterocycles. The summed E-state index contributed by atoms with van der Waals surface area (Å²) in [4.78, 5) is 29.2. The smallest absolute Gasteiger partial charge is 0.268 e. The molecule has 7 nitrogen and oxygen atoms in total. The zero-order valence-corrected chi connectivity index (χ0v) is 20.0. The average Bonchev–Trinajstić information content (AvgIpc) is 2.89. The Bertz CT molecular complexity index is 1230. The van der Waals surface area contributed by atoms with Crippen LogP contribution in [0.5, 0.6) is 5.75 Å². The zero-order chi connectivity index (χ0) is 24.2. The Morgan fingerprint density at radius 1 is 0.971 bits per heavy atom. The number of hydrogen-bond acceptors (Lipinski definition) is 5. The average molecular weight is 476 g/mol. The number of pyridine rings is 1. The van der Waals surface area contributed by atoms with E-state index >= 15 is 0 Å². The van der Waals surface area contributed by atoms with Gasteiger partial charge in [0, 0.05) is 44.3 Å². The second kappa shape index (κ2) is 10.6. The number of hydrogen-bond donors (Lipinski definition) is 2. The van der Waals surface area contributed by atoms with E-state index in [1.807, 2.05) is 36.4 Å². The van der Waals surface area contributed by atoms with Gasteiger partial charge in [0.05, 0.1) is 12.1 Å². The van der Waals surface area contributed by atoms with Crippen molar-refractivity contribution < 1.29 is 14.6 Å². The van der Waals surface area contributed by atoms with Crippen LogP contribution in [0.4, 0.5) is 0 Å². The molecule has 1 amide bonds. The van der Waals surface area contributed by atoms with Crippen LogP contribution in [0.25, 0.3) is 10.9 Å². The molecule has 2 aliphatic heterocycles. The third-order valence-electron chi connectivity index (χ3n) is 7.34. The van der Waals surface area contributed by atoms with Gasteiger partial charge in [-0.3, -0.25) is 9.59 Å². The third-order valence-corrected chi connectivity index (χ3v) is 7.34. The van der Waals surface area contributed by atoms with E-state index in [0.29, 0.717) is 23.4 Å². The van der Waals surface area contributed by atoms with Gasteiger partial charge in [0.25, 0.3) is 11.5 Å². The van der Waals surface area contributed by atoms with Crippen LogP contribution in [0.3, 0.4) is 0 Å². The molecular formula is C28H33N3O4. The van der Waals surface area contributed by atoms with Gasteiger partial charge >= 0.3 is 0 Å². The molecule has 184 valence electrons. The molecule has 3 aromatic rings. The van der Waals surface area contributed by atoms with Crippen LogP contribution in [0, 0.1) is 5.92 Å². The lowest BCUT2D eigenvalue weighted by Crippen LogP contribution is -2.47. The van der Waals surface area contributed by atoms with Crippen molar-refractivity contribution in [3.63, 3.8) is 0 Å². The Balaban J connectivity index is 1.33. The first kappa shape index (κ1) is 23.6. The zero-order valence-electron chi connectivity index (χ0n) is 20.0. The van der Waals surface area contributed by atoms with Crippen LogP contribution < -0.4 is 10.9 Å². The standard InChI is InChI=1S/C28H33N3O4/c32-26-23-8-4-5-9-24(23)31(19-20-6-2-1-3-7-20)28(34)25(26)27(33)29-22-10-14-30(15-11-22)18-21-12-16-35-17-13-21/h1-9,21-22,32H,10-19H2,(H,29,33). The number of nitrogens with one attached hydrogen (secondary N) is 1. The molecule has 2 fully saturated rings. The molecule has 2 N–H and O–H groups in total. The van der Waals surface area contributed by atoms with Gasteiger partial charge in [-0.05, 0) is 49.3 Å². The number of piperidine rings is 1. The highest BCUT2D eigenvalue weighted by atomic mass is 16.5. The van der Waals surface area contributed by atoms with E-state index in [1.165, 1.54) is 0 Å². The number of para-hydroxylation sites is 1. The lowest BCUT2D eigenvalue weighted by molar-refractivity contribution is 0.0477. The maximum Gasteiger partial charge on any atom is 0.268 e. The van der Waals surface area contributed by atoms with Gasteiger partial charge in [0.1, 0.15) is 11.3 Å². The Hall–Kier alpha value is -3.16. The quantitative estimate of drug-likeness (QED) is 0.571. The van der Waals surface area contributed by atoms with Crippen LogP contribution in [0.2, 0.25) is 0 Å². The molecule has 2 aliphatic rings. The predicted octanol–water partition coefficient (Wildman–Crippen LogP) is 3.38. The molecule has 0 unspecified atom stereocenters. The largest absolute Gasteiger partial charge is 0.506 e. The van der Waals surface area contributed by atoms with Gasteiger partial charge in [0.2, 0.25) is 0 Å². The van der Waals surface area contributed by atoms with Crippen LogP contribution in [0.15, 0.2) is 59.4 Å². The number of ether oxygens (including phenoxy) is 1. The Labute approximate surface area is 205 Å². The van der Waals surface area contributed by atoms with E-state index in [1.54, 1.807) is 22.8 Å². The number of aromatic nitrogens is 1. The summed E-state index contributed by atoms with van der Waals surface area (Å²) >= 11 is 0. The first-order valence-corrected chi connectivity index (χ1v) is 12.6. The lowest BCUT2D eigenvalue weighted by atomic mass is 9.97. The Morgan fingerprint density at radius 3 is 2.40 bits per heavy atom. The topological polar surface area (TPSA) is 83.8 Å². The number of fused-ring (bicyclic) bond motifs is 1. The fraction of sp³-hybridized carbons (Fsp3) is 0.429. The number of nitrogens with zero attached hydrogens (tertiary/aromatic N) is 2. The summed E-state index contributed by atoms with van der Waals surface area (Å²) in [7, 11) is 0. The normalized spacial score (nSPS) is 18.1. The number of aromatic hydroxyl groups is 1. The summed E-state index contributed by atoms with van der Waals surface area (Å²) in [5.74, 6) is -0.0557. The minimum atomic E-state index is -0.497. The number of carbonyl (C=O) groups is 1. The van der Waals surface area contributed by atoms with Crippen molar-refractivity contribution in [1.29, 1.82) is 0 Å². The van der Waals surface area contributed by atoms with Crippen molar-refractivity contribution in [3.05, 3.63) is 76.1 Å². The molecule has 0 spiro atoms. The van der Waals surface area contributed by atoms with Gasteiger partial charge in [0.15, 0.2) is 0 Å². The van der Waals surface area contributed by atoms with Crippen LogP contribution in [-0.4, -0.2) is 59.4 Å². The lowest BCUT2D eigenvalue weighted by Gasteiger charge is -2.35. The van der Waals surface area contributed by atoms with Crippen molar-refractivity contribution in [2.24, 2.45) is 5.92 Å². The van der Waals surface area contributed by atoms with Gasteiger partial charge in [-0.15, -0.1) is 0 Å². The molecule has 2 saturated heterocycles. The molecule has 2 aromatic carbocycles. The van der Waals surface area contributed by atoms with E-state index in [9.17, 15) is 14.7 Å². The predicted molar refractivity (Wildman–Crippen MR) is 136 cm³/mol. The van der Waals surface area contributed by atoms with Crippen molar-refractivity contribution in [3.8, 4) is 5.75 Å². The molecule has 0 aliphatic carbocycles. The number of carbonyl (C=O) groups excluding carboxylic acids is 1. The fourth-order valence-electron chi connectivity index (χ4n) is 5.33. The van der Waals surface area contributed by atoms with Crippen molar-refractivity contribution >= 4 is 16.8 Å². The van der Waals surface area contributed by atoms with Crippen molar-refractivity contribution in [1.82, 2.24) is 14.8 Å². The first-order chi connectivity index (χ1) is 17.1. The molecule has 0 atom stereocenters. The van der Waals surface area contributed by atoms with E-state index in [2.05, 4.69) is 10.2 Å². The summed E-state index contributed by atoms with van der Waals surface area (Å²) < 4.78 is 7.04. The van der Waals surface area contributed by atoms with Crippen LogP contribution >= 0.6 is 0 Å². The van der Waals surface area contributed by atoms with Crippen molar-refractivity contribution in [2.75, 3.05) is 32.8 Å². The van der Waals surface area contributed by atoms with Gasteiger partial charge in [-0.25, -0.2) is 0 Å². The Morgan fingerprint density at radius 2 is 1.66 bits per heavy atom. The minimum Gasteiger partial charge on any atom is -0.506 e. The maximum absolute atomic E-state index is 13.5. The molecule has 7 heteroatoms. The molecule has 0 radical (unpaired) electrons. The number of benzene rings is 2. The summed E-state index contributed by atoms with van der Waals surface area (Å²) in [6.07, 6.45) is 3.91. The first-order valence-electron chi connectivity index (χ1n) is 12.6. The van der Waals surface area contributed by atoms with Gasteiger partial charge in [-0.2, -0.15) is 0 Å². The number of rotatable bonds is 6. The summed E-state index contributed by atoms with van der Waals surface area (Å²) in [6.45, 7) is 4.96. The highest BCUT2D eigenvalue weighted by Crippen LogP contribution is 2.27. The molecule has 35 heavy (non-hydrogen) atoms. The second-order valence-corrected chi connectivity index (χ2v) is 9.72. The summed E-state index contributed by atoms with van der Waals surface area (Å²) in [5, 5.41) is 14.5. The highest BCUT2D eigenvalue weighted by molar-refractivity contribution is 6.02. The van der Waals surface area contributed by atoms with Gasteiger partial charge in [-0.1, -0.05) is 42.5 Å². The number of likely N-dealkylation sites (tertiary alicyclic amines) is 1. The van der Waals surface area contributed by atoms with E-state index < -0.39 is 11.5 Å². The Kier molecular flexibility index (Phi) is 7.16. The van der Waals surface area contributed by atoms with E-state index in [-0.39, 0.29) is 17.4 Å². The molecule has 3 heterocycles. The van der Waals surface area contributed by atoms with E-state index in [0.717, 1.165) is 64.1 Å². The minimum absolute atomic E-state index is 0.0127. The highest BCUT2D eigenvalue weighted by Gasteiger charge is 2.27. The maximum atomic E-state index is 13.5.